The normalized spacial score (nSPS) is 11.6. The molecule has 0 N–H and O–H groups in total. The van der Waals surface area contributed by atoms with E-state index in [1.807, 2.05) is 24.1 Å². The maximum absolute atomic E-state index is 13.7. The molecular formula is C14H22FN. The van der Waals surface area contributed by atoms with Gasteiger partial charge in [-0.15, -0.1) is 0 Å². The van der Waals surface area contributed by atoms with E-state index in [4.69, 9.17) is 0 Å². The van der Waals surface area contributed by atoms with Crippen LogP contribution in [-0.2, 0) is 5.41 Å². The Hall–Kier alpha value is -1.05. The number of rotatable bonds is 3. The van der Waals surface area contributed by atoms with Gasteiger partial charge in [-0.3, -0.25) is 0 Å². The number of hydrogen-bond acceptors (Lipinski definition) is 1. The fourth-order valence-corrected chi connectivity index (χ4v) is 1.73. The molecule has 2 heteroatoms. The summed E-state index contributed by atoms with van der Waals surface area (Å²) in [6, 6.07) is 5.41. The number of anilines is 1. The van der Waals surface area contributed by atoms with Crippen molar-refractivity contribution >= 4 is 5.69 Å². The topological polar surface area (TPSA) is 3.24 Å². The molecule has 0 spiro atoms. The molecule has 0 aliphatic rings. The van der Waals surface area contributed by atoms with Gasteiger partial charge in [-0.2, -0.15) is 0 Å². The molecular weight excluding hydrogens is 201 g/mol. The fraction of sp³-hybridized carbons (Fsp3) is 0.571. The first-order chi connectivity index (χ1) is 7.36. The van der Waals surface area contributed by atoms with Crippen LogP contribution < -0.4 is 4.90 Å². The van der Waals surface area contributed by atoms with Crippen LogP contribution in [0.1, 0.15) is 39.7 Å². The lowest BCUT2D eigenvalue weighted by atomic mass is 9.87. The van der Waals surface area contributed by atoms with Gasteiger partial charge in [0, 0.05) is 13.6 Å². The maximum atomic E-state index is 13.7. The van der Waals surface area contributed by atoms with Gasteiger partial charge in [0.15, 0.2) is 0 Å². The SMILES string of the molecule is CCCN(C)c1cc(C(C)(C)C)ccc1F. The average molecular weight is 223 g/mol. The summed E-state index contributed by atoms with van der Waals surface area (Å²) in [6.07, 6.45) is 1.02. The second kappa shape index (κ2) is 4.86. The molecule has 1 rings (SSSR count). The molecule has 0 radical (unpaired) electrons. The minimum Gasteiger partial charge on any atom is -0.372 e. The second-order valence-electron chi connectivity index (χ2n) is 5.34. The summed E-state index contributed by atoms with van der Waals surface area (Å²) in [4.78, 5) is 1.98. The van der Waals surface area contributed by atoms with E-state index in [1.165, 1.54) is 5.56 Å². The van der Waals surface area contributed by atoms with E-state index in [-0.39, 0.29) is 11.2 Å². The predicted octanol–water partition coefficient (Wildman–Crippen LogP) is 3.97. The van der Waals surface area contributed by atoms with Crippen LogP contribution in [0.2, 0.25) is 0 Å². The summed E-state index contributed by atoms with van der Waals surface area (Å²) in [6.45, 7) is 9.41. The van der Waals surface area contributed by atoms with Gasteiger partial charge in [0.25, 0.3) is 0 Å². The maximum Gasteiger partial charge on any atom is 0.146 e. The predicted molar refractivity (Wildman–Crippen MR) is 68.7 cm³/mol. The Balaban J connectivity index is 3.09. The molecule has 0 aliphatic heterocycles. The molecule has 16 heavy (non-hydrogen) atoms. The van der Waals surface area contributed by atoms with E-state index < -0.39 is 0 Å². The highest BCUT2D eigenvalue weighted by atomic mass is 19.1. The van der Waals surface area contributed by atoms with Crippen molar-refractivity contribution < 1.29 is 4.39 Å². The minimum atomic E-state index is -0.135. The highest BCUT2D eigenvalue weighted by molar-refractivity contribution is 5.50. The molecule has 0 bridgehead atoms. The van der Waals surface area contributed by atoms with Crippen LogP contribution in [0.25, 0.3) is 0 Å². The van der Waals surface area contributed by atoms with Crippen molar-refractivity contribution in [3.8, 4) is 0 Å². The van der Waals surface area contributed by atoms with Crippen molar-refractivity contribution in [3.63, 3.8) is 0 Å². The Morgan fingerprint density at radius 1 is 1.25 bits per heavy atom. The third-order valence-corrected chi connectivity index (χ3v) is 2.78. The zero-order chi connectivity index (χ0) is 12.3. The van der Waals surface area contributed by atoms with E-state index in [0.717, 1.165) is 13.0 Å². The van der Waals surface area contributed by atoms with E-state index in [0.29, 0.717) is 5.69 Å². The van der Waals surface area contributed by atoms with Crippen molar-refractivity contribution in [2.45, 2.75) is 39.5 Å². The molecule has 0 saturated heterocycles. The molecule has 0 unspecified atom stereocenters. The van der Waals surface area contributed by atoms with Gasteiger partial charge in [0.1, 0.15) is 5.82 Å². The first-order valence-electron chi connectivity index (χ1n) is 5.87. The van der Waals surface area contributed by atoms with Crippen molar-refractivity contribution in [1.82, 2.24) is 0 Å². The molecule has 1 aromatic carbocycles. The van der Waals surface area contributed by atoms with E-state index >= 15 is 0 Å². The number of nitrogens with zero attached hydrogens (tertiary/aromatic N) is 1. The largest absolute Gasteiger partial charge is 0.372 e. The summed E-state index contributed by atoms with van der Waals surface area (Å²) >= 11 is 0. The van der Waals surface area contributed by atoms with Crippen molar-refractivity contribution in [1.29, 1.82) is 0 Å². The summed E-state index contributed by atoms with van der Waals surface area (Å²) in [5, 5.41) is 0. The van der Waals surface area contributed by atoms with Gasteiger partial charge < -0.3 is 4.90 Å². The minimum absolute atomic E-state index is 0.0650. The Morgan fingerprint density at radius 2 is 1.88 bits per heavy atom. The lowest BCUT2D eigenvalue weighted by Crippen LogP contribution is -2.20. The average Bonchev–Trinajstić information content (AvgIpc) is 2.16. The Labute approximate surface area is 98.3 Å². The van der Waals surface area contributed by atoms with Crippen LogP contribution in [-0.4, -0.2) is 13.6 Å². The highest BCUT2D eigenvalue weighted by Crippen LogP contribution is 2.28. The van der Waals surface area contributed by atoms with Crippen LogP contribution in [0, 0.1) is 5.82 Å². The highest BCUT2D eigenvalue weighted by Gasteiger charge is 2.16. The van der Waals surface area contributed by atoms with Gasteiger partial charge in [0.2, 0.25) is 0 Å². The van der Waals surface area contributed by atoms with Crippen LogP contribution in [0.15, 0.2) is 18.2 Å². The summed E-state index contributed by atoms with van der Waals surface area (Å²) in [5.41, 5.74) is 1.94. The lowest BCUT2D eigenvalue weighted by molar-refractivity contribution is 0.581. The fourth-order valence-electron chi connectivity index (χ4n) is 1.73. The van der Waals surface area contributed by atoms with E-state index in [9.17, 15) is 4.39 Å². The van der Waals surface area contributed by atoms with Crippen LogP contribution in [0.5, 0.6) is 0 Å². The molecule has 0 aliphatic carbocycles. The standard InChI is InChI=1S/C14H22FN/c1-6-9-16(5)13-10-11(14(2,3)4)7-8-12(13)15/h7-8,10H,6,9H2,1-5H3. The Morgan fingerprint density at radius 3 is 2.38 bits per heavy atom. The smallest absolute Gasteiger partial charge is 0.146 e. The molecule has 0 heterocycles. The van der Waals surface area contributed by atoms with Crippen molar-refractivity contribution in [3.05, 3.63) is 29.6 Å². The van der Waals surface area contributed by atoms with Crippen molar-refractivity contribution in [2.24, 2.45) is 0 Å². The van der Waals surface area contributed by atoms with Gasteiger partial charge >= 0.3 is 0 Å². The monoisotopic (exact) mass is 223 g/mol. The molecule has 1 nitrogen and oxygen atoms in total. The van der Waals surface area contributed by atoms with Gasteiger partial charge in [0.05, 0.1) is 5.69 Å². The van der Waals surface area contributed by atoms with Crippen molar-refractivity contribution in [2.75, 3.05) is 18.5 Å². The van der Waals surface area contributed by atoms with Crippen LogP contribution in [0.4, 0.5) is 10.1 Å². The first-order valence-corrected chi connectivity index (χ1v) is 5.87. The molecule has 0 amide bonds. The second-order valence-corrected chi connectivity index (χ2v) is 5.34. The zero-order valence-corrected chi connectivity index (χ0v) is 11.0. The zero-order valence-electron chi connectivity index (χ0n) is 11.0. The number of benzene rings is 1. The third-order valence-electron chi connectivity index (χ3n) is 2.78. The molecule has 0 saturated carbocycles. The molecule has 0 atom stereocenters. The van der Waals surface area contributed by atoms with E-state index in [1.54, 1.807) is 6.07 Å². The number of hydrogen-bond donors (Lipinski definition) is 0. The first kappa shape index (κ1) is 13.0. The molecule has 0 aromatic heterocycles. The molecule has 0 fully saturated rings. The summed E-state index contributed by atoms with van der Waals surface area (Å²) in [5.74, 6) is -0.135. The third kappa shape index (κ3) is 2.97. The Bertz CT molecular complexity index is 352. The van der Waals surface area contributed by atoms with Gasteiger partial charge in [-0.05, 0) is 29.5 Å². The summed E-state index contributed by atoms with van der Waals surface area (Å²) < 4.78 is 13.7. The lowest BCUT2D eigenvalue weighted by Gasteiger charge is -2.24. The Kier molecular flexibility index (Phi) is 3.95. The van der Waals surface area contributed by atoms with Gasteiger partial charge in [-0.25, -0.2) is 4.39 Å². The number of halogens is 1. The molecule has 90 valence electrons. The van der Waals surface area contributed by atoms with E-state index in [2.05, 4.69) is 27.7 Å². The van der Waals surface area contributed by atoms with Gasteiger partial charge in [-0.1, -0.05) is 33.8 Å². The quantitative estimate of drug-likeness (QED) is 0.749. The van der Waals surface area contributed by atoms with Crippen LogP contribution >= 0.6 is 0 Å². The summed E-state index contributed by atoms with van der Waals surface area (Å²) in [7, 11) is 1.94. The molecule has 1 aromatic rings. The van der Waals surface area contributed by atoms with Crippen LogP contribution in [0.3, 0.4) is 0 Å².